The molecule has 3 aromatic rings. The van der Waals surface area contributed by atoms with Crippen molar-refractivity contribution in [2.24, 2.45) is 0 Å². The first-order valence-electron chi connectivity index (χ1n) is 10.8. The number of fused-ring (bicyclic) bond motifs is 3. The number of hydrogen-bond donors (Lipinski definition) is 2. The van der Waals surface area contributed by atoms with Gasteiger partial charge in [0.25, 0.3) is 0 Å². The van der Waals surface area contributed by atoms with Gasteiger partial charge in [-0.05, 0) is 47.7 Å². The summed E-state index contributed by atoms with van der Waals surface area (Å²) >= 11 is 3.45. The molecule has 0 unspecified atom stereocenters. The largest absolute Gasteiger partial charge is 0.367 e. The van der Waals surface area contributed by atoms with Crippen LogP contribution in [0.3, 0.4) is 0 Å². The molecule has 3 heterocycles. The number of nitrogens with one attached hydrogen (secondary N) is 2. The van der Waals surface area contributed by atoms with Crippen molar-refractivity contribution in [3.63, 3.8) is 0 Å². The van der Waals surface area contributed by atoms with Gasteiger partial charge >= 0.3 is 0 Å². The molecule has 0 bridgehead atoms. The third kappa shape index (κ3) is 4.30. The number of benzene rings is 1. The molecule has 1 saturated carbocycles. The van der Waals surface area contributed by atoms with Crippen LogP contribution < -0.4 is 5.32 Å². The van der Waals surface area contributed by atoms with Crippen LogP contribution >= 0.6 is 15.9 Å². The van der Waals surface area contributed by atoms with Gasteiger partial charge in [-0.1, -0.05) is 18.2 Å². The number of anilines is 1. The molecule has 0 spiro atoms. The molecule has 1 saturated heterocycles. The highest BCUT2D eigenvalue weighted by Gasteiger charge is 2.31. The lowest BCUT2D eigenvalue weighted by molar-refractivity contribution is 0.109. The lowest BCUT2D eigenvalue weighted by Crippen LogP contribution is -2.52. The number of sulfonamides is 1. The van der Waals surface area contributed by atoms with Gasteiger partial charge in [-0.2, -0.15) is 4.31 Å². The predicted molar refractivity (Wildman–Crippen MR) is 127 cm³/mol. The summed E-state index contributed by atoms with van der Waals surface area (Å²) in [4.78, 5) is 15.0. The molecule has 1 aromatic carbocycles. The van der Waals surface area contributed by atoms with E-state index in [9.17, 15) is 8.42 Å². The Bertz CT molecular complexity index is 1200. The molecule has 31 heavy (non-hydrogen) atoms. The van der Waals surface area contributed by atoms with Crippen molar-refractivity contribution in [2.75, 3.05) is 37.8 Å². The maximum absolute atomic E-state index is 11.7. The molecule has 0 radical (unpaired) electrons. The minimum atomic E-state index is -3.08. The fourth-order valence-corrected chi connectivity index (χ4v) is 6.18. The zero-order valence-electron chi connectivity index (χ0n) is 17.5. The van der Waals surface area contributed by atoms with E-state index in [0.29, 0.717) is 29.9 Å². The monoisotopic (exact) mass is 506 g/mol. The van der Waals surface area contributed by atoms with E-state index in [1.165, 1.54) is 6.26 Å². The molecule has 10 heteroatoms. The highest BCUT2D eigenvalue weighted by molar-refractivity contribution is 9.10. The van der Waals surface area contributed by atoms with E-state index in [2.05, 4.69) is 53.2 Å². The van der Waals surface area contributed by atoms with E-state index in [0.717, 1.165) is 66.5 Å². The van der Waals surface area contributed by atoms with Crippen molar-refractivity contribution in [3.05, 3.63) is 29.0 Å². The standard InChI is InChI=1S/C21H27BrN6O2S/c1-31(29,30)28-12-10-27(11-13-28)15-8-6-14(7-9-15)23-19-18-16-4-2-3-5-17(16)24-20(18)26-21(22)25-19/h2-5,14-15H,6-13H2,1H3,(H2,23,24,25,26)/t14-,15-. The second-order valence-electron chi connectivity index (χ2n) is 8.58. The Balaban J connectivity index is 1.26. The Hall–Kier alpha value is -1.75. The van der Waals surface area contributed by atoms with Gasteiger partial charge in [0.05, 0.1) is 11.6 Å². The summed E-state index contributed by atoms with van der Waals surface area (Å²) in [6, 6.07) is 9.12. The Kier molecular flexibility index (Phi) is 5.66. The van der Waals surface area contributed by atoms with E-state index < -0.39 is 10.0 Å². The lowest BCUT2D eigenvalue weighted by Gasteiger charge is -2.41. The van der Waals surface area contributed by atoms with E-state index in [4.69, 9.17) is 0 Å². The Morgan fingerprint density at radius 2 is 1.77 bits per heavy atom. The molecular formula is C21H27BrN6O2S. The number of rotatable bonds is 4. The van der Waals surface area contributed by atoms with Crippen LogP contribution in [0.5, 0.6) is 0 Å². The number of para-hydroxylation sites is 1. The second-order valence-corrected chi connectivity index (χ2v) is 11.3. The zero-order chi connectivity index (χ0) is 21.6. The fraction of sp³-hybridized carbons (Fsp3) is 0.524. The molecule has 2 aromatic heterocycles. The summed E-state index contributed by atoms with van der Waals surface area (Å²) in [7, 11) is -3.08. The highest BCUT2D eigenvalue weighted by Crippen LogP contribution is 2.33. The number of piperazine rings is 1. The quantitative estimate of drug-likeness (QED) is 0.527. The summed E-state index contributed by atoms with van der Waals surface area (Å²) in [5, 5.41) is 5.86. The van der Waals surface area contributed by atoms with Gasteiger partial charge in [0.2, 0.25) is 14.8 Å². The first-order chi connectivity index (χ1) is 14.9. The van der Waals surface area contributed by atoms with Crippen LogP contribution in [0, 0.1) is 0 Å². The third-order valence-corrected chi connectivity index (χ3v) is 8.29. The Morgan fingerprint density at radius 1 is 1.06 bits per heavy atom. The summed E-state index contributed by atoms with van der Waals surface area (Å²) in [5.74, 6) is 0.875. The molecule has 8 nitrogen and oxygen atoms in total. The predicted octanol–water partition coefficient (Wildman–Crippen LogP) is 3.17. The van der Waals surface area contributed by atoms with Gasteiger partial charge in [0.15, 0.2) is 0 Å². The number of aromatic nitrogens is 3. The average Bonchev–Trinajstić information content (AvgIpc) is 3.12. The summed E-state index contributed by atoms with van der Waals surface area (Å²) in [6.07, 6.45) is 5.67. The number of nitrogens with zero attached hydrogens (tertiary/aromatic N) is 4. The van der Waals surface area contributed by atoms with Crippen LogP contribution in [0.1, 0.15) is 25.7 Å². The van der Waals surface area contributed by atoms with Crippen molar-refractivity contribution < 1.29 is 8.42 Å². The topological polar surface area (TPSA) is 94.2 Å². The average molecular weight is 507 g/mol. The van der Waals surface area contributed by atoms with Gasteiger partial charge in [0.1, 0.15) is 11.5 Å². The number of hydrogen-bond acceptors (Lipinski definition) is 6. The van der Waals surface area contributed by atoms with Crippen molar-refractivity contribution in [1.82, 2.24) is 24.2 Å². The molecule has 5 rings (SSSR count). The fourth-order valence-electron chi connectivity index (χ4n) is 5.00. The molecule has 0 atom stereocenters. The number of halogens is 1. The second kappa shape index (κ2) is 8.31. The molecule has 0 amide bonds. The molecule has 1 aliphatic heterocycles. The maximum Gasteiger partial charge on any atom is 0.211 e. The molecule has 166 valence electrons. The van der Waals surface area contributed by atoms with Gasteiger partial charge < -0.3 is 10.3 Å². The SMILES string of the molecule is CS(=O)(=O)N1CCN([C@H]2CC[C@H](Nc3nc(Br)nc4[nH]c5ccccc5c34)CC2)CC1. The van der Waals surface area contributed by atoms with Crippen LogP contribution in [0.15, 0.2) is 29.0 Å². The van der Waals surface area contributed by atoms with Crippen LogP contribution in [-0.4, -0.2) is 77.1 Å². The minimum absolute atomic E-state index is 0.368. The molecule has 2 fully saturated rings. The first-order valence-corrected chi connectivity index (χ1v) is 13.4. The summed E-state index contributed by atoms with van der Waals surface area (Å²) in [6.45, 7) is 2.85. The maximum atomic E-state index is 11.7. The lowest BCUT2D eigenvalue weighted by atomic mass is 9.89. The highest BCUT2D eigenvalue weighted by atomic mass is 79.9. The number of aromatic amines is 1. The molecule has 2 N–H and O–H groups in total. The van der Waals surface area contributed by atoms with E-state index in [1.807, 2.05) is 12.1 Å². The number of H-pyrrole nitrogens is 1. The van der Waals surface area contributed by atoms with Crippen molar-refractivity contribution in [1.29, 1.82) is 0 Å². The van der Waals surface area contributed by atoms with E-state index >= 15 is 0 Å². The van der Waals surface area contributed by atoms with Gasteiger partial charge in [-0.25, -0.2) is 18.4 Å². The van der Waals surface area contributed by atoms with Crippen LogP contribution in [0.25, 0.3) is 21.9 Å². The Morgan fingerprint density at radius 3 is 2.48 bits per heavy atom. The van der Waals surface area contributed by atoms with Crippen molar-refractivity contribution in [2.45, 2.75) is 37.8 Å². The van der Waals surface area contributed by atoms with E-state index in [-0.39, 0.29) is 0 Å². The van der Waals surface area contributed by atoms with Crippen molar-refractivity contribution >= 4 is 53.7 Å². The van der Waals surface area contributed by atoms with Crippen molar-refractivity contribution in [3.8, 4) is 0 Å². The first kappa shape index (κ1) is 21.1. The molecule has 2 aliphatic rings. The molecular weight excluding hydrogens is 480 g/mol. The Labute approximate surface area is 190 Å². The van der Waals surface area contributed by atoms with Gasteiger partial charge in [-0.3, -0.25) is 4.90 Å². The van der Waals surface area contributed by atoms with Crippen LogP contribution in [0.2, 0.25) is 0 Å². The van der Waals surface area contributed by atoms with E-state index in [1.54, 1.807) is 4.31 Å². The third-order valence-electron chi connectivity index (χ3n) is 6.63. The van der Waals surface area contributed by atoms with Gasteiger partial charge in [0, 0.05) is 49.2 Å². The zero-order valence-corrected chi connectivity index (χ0v) is 19.9. The smallest absolute Gasteiger partial charge is 0.211 e. The molecule has 1 aliphatic carbocycles. The summed E-state index contributed by atoms with van der Waals surface area (Å²) in [5.41, 5.74) is 1.90. The van der Waals surface area contributed by atoms with Gasteiger partial charge in [-0.15, -0.1) is 0 Å². The van der Waals surface area contributed by atoms with Crippen LogP contribution in [-0.2, 0) is 10.0 Å². The summed E-state index contributed by atoms with van der Waals surface area (Å²) < 4.78 is 25.7. The van der Waals surface area contributed by atoms with Crippen LogP contribution in [0.4, 0.5) is 5.82 Å². The minimum Gasteiger partial charge on any atom is -0.367 e. The normalized spacial score (nSPS) is 24.1.